The quantitative estimate of drug-likeness (QED) is 0.785. The first-order valence-corrected chi connectivity index (χ1v) is 6.08. The Morgan fingerprint density at radius 1 is 1.10 bits per heavy atom. The Kier molecular flexibility index (Phi) is 3.09. The fourth-order valence-electron chi connectivity index (χ4n) is 1.99. The lowest BCUT2D eigenvalue weighted by Crippen LogP contribution is -2.08. The summed E-state index contributed by atoms with van der Waals surface area (Å²) in [5.41, 5.74) is 0.770. The van der Waals surface area contributed by atoms with Gasteiger partial charge in [-0.1, -0.05) is 0 Å². The summed E-state index contributed by atoms with van der Waals surface area (Å²) >= 11 is 0. The number of halogens is 2. The van der Waals surface area contributed by atoms with Crippen molar-refractivity contribution < 1.29 is 8.78 Å². The van der Waals surface area contributed by atoms with Gasteiger partial charge in [-0.2, -0.15) is 5.10 Å². The van der Waals surface area contributed by atoms with E-state index in [1.54, 1.807) is 24.1 Å². The molecule has 106 valence electrons. The van der Waals surface area contributed by atoms with Crippen molar-refractivity contribution in [1.82, 2.24) is 19.7 Å². The number of nitrogens with zero attached hydrogens (tertiary/aromatic N) is 3. The minimum absolute atomic E-state index is 0.0970. The second kappa shape index (κ2) is 4.93. The SMILES string of the molecule is Cn1cc(-c2cc(=O)[nH]c(-c3cc(F)cc(F)c3)n2)cn1. The van der Waals surface area contributed by atoms with Gasteiger partial charge in [0.15, 0.2) is 0 Å². The average Bonchev–Trinajstić information content (AvgIpc) is 2.83. The Hall–Kier alpha value is -2.83. The van der Waals surface area contributed by atoms with Crippen LogP contribution in [0.4, 0.5) is 8.78 Å². The number of hydrogen-bond acceptors (Lipinski definition) is 3. The van der Waals surface area contributed by atoms with Crippen LogP contribution in [0.15, 0.2) is 41.5 Å². The van der Waals surface area contributed by atoms with Gasteiger partial charge in [0.1, 0.15) is 17.5 Å². The molecule has 2 heterocycles. The number of aromatic amines is 1. The summed E-state index contributed by atoms with van der Waals surface area (Å²) in [6.45, 7) is 0. The minimum atomic E-state index is -0.737. The third-order valence-corrected chi connectivity index (χ3v) is 2.88. The summed E-state index contributed by atoms with van der Waals surface area (Å²) in [5, 5.41) is 4.00. The predicted molar refractivity (Wildman–Crippen MR) is 72.4 cm³/mol. The molecule has 0 unspecified atom stereocenters. The van der Waals surface area contributed by atoms with Gasteiger partial charge in [-0.3, -0.25) is 9.48 Å². The molecule has 0 aliphatic rings. The van der Waals surface area contributed by atoms with E-state index in [9.17, 15) is 13.6 Å². The van der Waals surface area contributed by atoms with Crippen LogP contribution in [-0.4, -0.2) is 19.7 Å². The number of hydrogen-bond donors (Lipinski definition) is 1. The number of aryl methyl sites for hydroxylation is 1. The lowest BCUT2D eigenvalue weighted by molar-refractivity contribution is 0.584. The molecule has 2 aromatic heterocycles. The molecule has 0 aliphatic heterocycles. The van der Waals surface area contributed by atoms with Crippen LogP contribution < -0.4 is 5.56 Å². The van der Waals surface area contributed by atoms with E-state index in [0.717, 1.165) is 18.2 Å². The van der Waals surface area contributed by atoms with Crippen LogP contribution in [0.3, 0.4) is 0 Å². The number of benzene rings is 1. The molecular formula is C14H10F2N4O. The molecule has 0 bridgehead atoms. The minimum Gasteiger partial charge on any atom is -0.306 e. The van der Waals surface area contributed by atoms with Crippen molar-refractivity contribution >= 4 is 0 Å². The highest BCUT2D eigenvalue weighted by Crippen LogP contribution is 2.20. The molecule has 0 spiro atoms. The normalized spacial score (nSPS) is 10.8. The van der Waals surface area contributed by atoms with Crippen LogP contribution in [-0.2, 0) is 7.05 Å². The van der Waals surface area contributed by atoms with E-state index in [4.69, 9.17) is 0 Å². The van der Waals surface area contributed by atoms with Crippen LogP contribution in [0.25, 0.3) is 22.6 Å². The second-order valence-corrected chi connectivity index (χ2v) is 4.54. The number of rotatable bonds is 2. The van der Waals surface area contributed by atoms with Gasteiger partial charge in [0.2, 0.25) is 0 Å². The highest BCUT2D eigenvalue weighted by molar-refractivity contribution is 5.62. The molecule has 0 radical (unpaired) electrons. The van der Waals surface area contributed by atoms with Crippen molar-refractivity contribution in [2.45, 2.75) is 0 Å². The van der Waals surface area contributed by atoms with E-state index >= 15 is 0 Å². The molecule has 1 aromatic carbocycles. The lowest BCUT2D eigenvalue weighted by atomic mass is 10.2. The van der Waals surface area contributed by atoms with Crippen LogP contribution in [0.2, 0.25) is 0 Å². The van der Waals surface area contributed by atoms with Gasteiger partial charge in [0.25, 0.3) is 5.56 Å². The van der Waals surface area contributed by atoms with Gasteiger partial charge < -0.3 is 4.98 Å². The highest BCUT2D eigenvalue weighted by atomic mass is 19.1. The van der Waals surface area contributed by atoms with Crippen molar-refractivity contribution in [3.05, 3.63) is 58.6 Å². The molecule has 5 nitrogen and oxygen atoms in total. The van der Waals surface area contributed by atoms with Gasteiger partial charge in [0, 0.05) is 36.5 Å². The Labute approximate surface area is 117 Å². The summed E-state index contributed by atoms with van der Waals surface area (Å²) in [5.74, 6) is -1.38. The largest absolute Gasteiger partial charge is 0.306 e. The van der Waals surface area contributed by atoms with E-state index in [1.165, 1.54) is 6.07 Å². The molecule has 0 aliphatic carbocycles. The average molecular weight is 288 g/mol. The van der Waals surface area contributed by atoms with Gasteiger partial charge in [0.05, 0.1) is 11.9 Å². The molecular weight excluding hydrogens is 278 g/mol. The number of aromatic nitrogens is 4. The molecule has 21 heavy (non-hydrogen) atoms. The Balaban J connectivity index is 2.15. The van der Waals surface area contributed by atoms with Crippen LogP contribution in [0.1, 0.15) is 0 Å². The molecule has 0 saturated heterocycles. The van der Waals surface area contributed by atoms with Crippen molar-refractivity contribution in [3.8, 4) is 22.6 Å². The molecule has 0 atom stereocenters. The number of H-pyrrole nitrogens is 1. The first kappa shape index (κ1) is 13.2. The molecule has 3 rings (SSSR count). The fraction of sp³-hybridized carbons (Fsp3) is 0.0714. The van der Waals surface area contributed by atoms with Crippen molar-refractivity contribution in [2.75, 3.05) is 0 Å². The van der Waals surface area contributed by atoms with Crippen LogP contribution >= 0.6 is 0 Å². The van der Waals surface area contributed by atoms with Crippen molar-refractivity contribution in [2.24, 2.45) is 7.05 Å². The summed E-state index contributed by atoms with van der Waals surface area (Å²) in [6, 6.07) is 4.27. The monoisotopic (exact) mass is 288 g/mol. The standard InChI is InChI=1S/C14H10F2N4O/c1-20-7-9(6-17-20)12-5-13(21)19-14(18-12)8-2-10(15)4-11(16)3-8/h2-7H,1H3,(H,18,19,21). The smallest absolute Gasteiger partial charge is 0.251 e. The van der Waals surface area contributed by atoms with E-state index in [-0.39, 0.29) is 11.4 Å². The van der Waals surface area contributed by atoms with Crippen LogP contribution in [0, 0.1) is 11.6 Å². The molecule has 7 heteroatoms. The first-order valence-electron chi connectivity index (χ1n) is 6.08. The maximum absolute atomic E-state index is 13.3. The maximum Gasteiger partial charge on any atom is 0.251 e. The van der Waals surface area contributed by atoms with E-state index in [0.29, 0.717) is 11.3 Å². The Bertz CT molecular complexity index is 849. The first-order chi connectivity index (χ1) is 10.0. The Morgan fingerprint density at radius 3 is 2.43 bits per heavy atom. The zero-order valence-electron chi connectivity index (χ0n) is 11.0. The zero-order chi connectivity index (χ0) is 15.0. The van der Waals surface area contributed by atoms with Crippen molar-refractivity contribution in [3.63, 3.8) is 0 Å². The summed E-state index contributed by atoms with van der Waals surface area (Å²) in [6.07, 6.45) is 3.25. The van der Waals surface area contributed by atoms with E-state index in [2.05, 4.69) is 15.1 Å². The third-order valence-electron chi connectivity index (χ3n) is 2.88. The highest BCUT2D eigenvalue weighted by Gasteiger charge is 2.09. The van der Waals surface area contributed by atoms with Crippen LogP contribution in [0.5, 0.6) is 0 Å². The predicted octanol–water partition coefficient (Wildman–Crippen LogP) is 2.12. The molecule has 3 aromatic rings. The molecule has 0 amide bonds. The number of nitrogens with one attached hydrogen (secondary N) is 1. The second-order valence-electron chi connectivity index (χ2n) is 4.54. The lowest BCUT2D eigenvalue weighted by Gasteiger charge is -2.04. The van der Waals surface area contributed by atoms with Gasteiger partial charge in [-0.05, 0) is 12.1 Å². The van der Waals surface area contributed by atoms with Gasteiger partial charge in [-0.15, -0.1) is 0 Å². The molecule has 1 N–H and O–H groups in total. The van der Waals surface area contributed by atoms with Gasteiger partial charge >= 0.3 is 0 Å². The van der Waals surface area contributed by atoms with E-state index < -0.39 is 17.2 Å². The molecule has 0 saturated carbocycles. The van der Waals surface area contributed by atoms with Gasteiger partial charge in [-0.25, -0.2) is 13.8 Å². The summed E-state index contributed by atoms with van der Waals surface area (Å²) in [7, 11) is 1.74. The van der Waals surface area contributed by atoms with E-state index in [1.807, 2.05) is 0 Å². The van der Waals surface area contributed by atoms with Crippen molar-refractivity contribution in [1.29, 1.82) is 0 Å². The zero-order valence-corrected chi connectivity index (χ0v) is 11.0. The Morgan fingerprint density at radius 2 is 1.81 bits per heavy atom. The topological polar surface area (TPSA) is 63.6 Å². The fourth-order valence-corrected chi connectivity index (χ4v) is 1.99. The maximum atomic E-state index is 13.3. The third kappa shape index (κ3) is 2.71. The summed E-state index contributed by atoms with van der Waals surface area (Å²) in [4.78, 5) is 18.4. The summed E-state index contributed by atoms with van der Waals surface area (Å²) < 4.78 is 28.1. The molecule has 0 fully saturated rings.